The molecule has 1 aromatic carbocycles. The molecule has 0 spiro atoms. The predicted octanol–water partition coefficient (Wildman–Crippen LogP) is 3.04. The minimum atomic E-state index is -0.125. The Morgan fingerprint density at radius 3 is 3.08 bits per heavy atom. The summed E-state index contributed by atoms with van der Waals surface area (Å²) in [5, 5.41) is 8.31. The summed E-state index contributed by atoms with van der Waals surface area (Å²) < 4.78 is 5.28. The van der Waals surface area contributed by atoms with Crippen LogP contribution in [-0.4, -0.2) is 40.1 Å². The SMILES string of the molecule is O=C(NC1CCN(Cc2c[nH]c3ccccc23)C1)c1cc(C2CC2)on1. The topological polar surface area (TPSA) is 74.2 Å². The summed E-state index contributed by atoms with van der Waals surface area (Å²) in [4.78, 5) is 18.1. The minimum absolute atomic E-state index is 0.125. The average molecular weight is 350 g/mol. The van der Waals surface area contributed by atoms with Crippen LogP contribution in [-0.2, 0) is 6.54 Å². The molecule has 6 nitrogen and oxygen atoms in total. The zero-order valence-corrected chi connectivity index (χ0v) is 14.6. The lowest BCUT2D eigenvalue weighted by molar-refractivity contribution is 0.0928. The summed E-state index contributed by atoms with van der Waals surface area (Å²) in [5.41, 5.74) is 2.88. The molecule has 2 fully saturated rings. The van der Waals surface area contributed by atoms with E-state index < -0.39 is 0 Å². The standard InChI is InChI=1S/C20H22N4O2/c25-20(18-9-19(26-23-18)13-5-6-13)22-15-7-8-24(12-15)11-14-10-21-17-4-2-1-3-16(14)17/h1-4,9-10,13,15,21H,5-8,11-12H2,(H,22,25). The summed E-state index contributed by atoms with van der Waals surface area (Å²) in [6.45, 7) is 2.74. The predicted molar refractivity (Wildman–Crippen MR) is 97.9 cm³/mol. The molecule has 1 saturated heterocycles. The molecular weight excluding hydrogens is 328 g/mol. The number of nitrogens with one attached hydrogen (secondary N) is 2. The van der Waals surface area contributed by atoms with Crippen LogP contribution in [0.4, 0.5) is 0 Å². The number of carbonyl (C=O) groups is 1. The maximum absolute atomic E-state index is 12.4. The number of nitrogens with zero attached hydrogens (tertiary/aromatic N) is 2. The van der Waals surface area contributed by atoms with Crippen molar-refractivity contribution in [3.63, 3.8) is 0 Å². The van der Waals surface area contributed by atoms with Crippen molar-refractivity contribution >= 4 is 16.8 Å². The first-order valence-electron chi connectivity index (χ1n) is 9.31. The molecule has 134 valence electrons. The maximum Gasteiger partial charge on any atom is 0.273 e. The molecular formula is C20H22N4O2. The van der Waals surface area contributed by atoms with Crippen molar-refractivity contribution in [1.82, 2.24) is 20.4 Å². The number of H-pyrrole nitrogens is 1. The monoisotopic (exact) mass is 350 g/mol. The number of aromatic amines is 1. The molecule has 1 aliphatic carbocycles. The normalized spacial score (nSPS) is 20.7. The molecule has 1 atom stereocenters. The van der Waals surface area contributed by atoms with Crippen molar-refractivity contribution in [1.29, 1.82) is 0 Å². The number of hydrogen-bond acceptors (Lipinski definition) is 4. The Labute approximate surface area is 151 Å². The van der Waals surface area contributed by atoms with Gasteiger partial charge in [-0.15, -0.1) is 0 Å². The molecule has 0 bridgehead atoms. The number of aromatic nitrogens is 2. The fraction of sp³-hybridized carbons (Fsp3) is 0.400. The second-order valence-electron chi connectivity index (χ2n) is 7.44. The summed E-state index contributed by atoms with van der Waals surface area (Å²) in [6.07, 6.45) is 5.33. The van der Waals surface area contributed by atoms with Gasteiger partial charge in [0.05, 0.1) is 0 Å². The lowest BCUT2D eigenvalue weighted by atomic mass is 10.1. The molecule has 1 aliphatic heterocycles. The van der Waals surface area contributed by atoms with Crippen LogP contribution in [0.5, 0.6) is 0 Å². The van der Waals surface area contributed by atoms with Gasteiger partial charge >= 0.3 is 0 Å². The summed E-state index contributed by atoms with van der Waals surface area (Å²) in [5.74, 6) is 1.20. The van der Waals surface area contributed by atoms with Gasteiger partial charge in [0.1, 0.15) is 5.76 Å². The molecule has 3 heterocycles. The van der Waals surface area contributed by atoms with Crippen LogP contribution in [0.25, 0.3) is 10.9 Å². The Morgan fingerprint density at radius 2 is 2.19 bits per heavy atom. The van der Waals surface area contributed by atoms with E-state index in [1.54, 1.807) is 6.07 Å². The van der Waals surface area contributed by atoms with E-state index in [2.05, 4.69) is 44.8 Å². The van der Waals surface area contributed by atoms with Gasteiger partial charge in [-0.05, 0) is 30.9 Å². The summed E-state index contributed by atoms with van der Waals surface area (Å²) >= 11 is 0. The van der Waals surface area contributed by atoms with Crippen LogP contribution in [0.3, 0.4) is 0 Å². The van der Waals surface area contributed by atoms with Gasteiger partial charge in [-0.1, -0.05) is 23.4 Å². The molecule has 5 rings (SSSR count). The number of hydrogen-bond donors (Lipinski definition) is 2. The molecule has 26 heavy (non-hydrogen) atoms. The summed E-state index contributed by atoms with van der Waals surface area (Å²) in [6, 6.07) is 10.3. The molecule has 1 amide bonds. The first kappa shape index (κ1) is 15.6. The smallest absolute Gasteiger partial charge is 0.273 e. The molecule has 2 aromatic heterocycles. The lowest BCUT2D eigenvalue weighted by Gasteiger charge is -2.16. The average Bonchev–Trinajstić information content (AvgIpc) is 3.07. The van der Waals surface area contributed by atoms with E-state index in [1.165, 1.54) is 16.5 Å². The van der Waals surface area contributed by atoms with Crippen LogP contribution < -0.4 is 5.32 Å². The summed E-state index contributed by atoms with van der Waals surface area (Å²) in [7, 11) is 0. The molecule has 3 aromatic rings. The highest BCUT2D eigenvalue weighted by Crippen LogP contribution is 2.40. The maximum atomic E-state index is 12.4. The van der Waals surface area contributed by atoms with Gasteiger partial charge in [0, 0.05) is 54.8 Å². The van der Waals surface area contributed by atoms with E-state index in [-0.39, 0.29) is 11.9 Å². The fourth-order valence-corrected chi connectivity index (χ4v) is 3.81. The number of fused-ring (bicyclic) bond motifs is 1. The highest BCUT2D eigenvalue weighted by molar-refractivity contribution is 5.92. The second kappa shape index (κ2) is 6.29. The molecule has 1 unspecified atom stereocenters. The van der Waals surface area contributed by atoms with Gasteiger partial charge in [-0.3, -0.25) is 9.69 Å². The van der Waals surface area contributed by atoms with Crippen molar-refractivity contribution in [2.45, 2.75) is 37.8 Å². The van der Waals surface area contributed by atoms with Gasteiger partial charge in [-0.25, -0.2) is 0 Å². The zero-order chi connectivity index (χ0) is 17.5. The van der Waals surface area contributed by atoms with E-state index >= 15 is 0 Å². The highest BCUT2D eigenvalue weighted by atomic mass is 16.5. The number of carbonyl (C=O) groups excluding carboxylic acids is 1. The van der Waals surface area contributed by atoms with Crippen molar-refractivity contribution in [3.8, 4) is 0 Å². The van der Waals surface area contributed by atoms with Gasteiger partial charge in [0.25, 0.3) is 5.91 Å². The van der Waals surface area contributed by atoms with Crippen LogP contribution in [0.15, 0.2) is 41.1 Å². The van der Waals surface area contributed by atoms with E-state index in [0.29, 0.717) is 11.6 Å². The van der Waals surface area contributed by atoms with E-state index in [0.717, 1.165) is 44.7 Å². The third-order valence-electron chi connectivity index (χ3n) is 5.42. The highest BCUT2D eigenvalue weighted by Gasteiger charge is 2.30. The van der Waals surface area contributed by atoms with Crippen LogP contribution in [0.2, 0.25) is 0 Å². The number of amides is 1. The van der Waals surface area contributed by atoms with Crippen molar-refractivity contribution < 1.29 is 9.32 Å². The molecule has 2 N–H and O–H groups in total. The van der Waals surface area contributed by atoms with Crippen LogP contribution in [0, 0.1) is 0 Å². The zero-order valence-electron chi connectivity index (χ0n) is 14.6. The molecule has 6 heteroatoms. The lowest BCUT2D eigenvalue weighted by Crippen LogP contribution is -2.37. The van der Waals surface area contributed by atoms with E-state index in [1.807, 2.05) is 6.07 Å². The third-order valence-corrected chi connectivity index (χ3v) is 5.42. The Bertz CT molecular complexity index is 940. The Kier molecular flexibility index (Phi) is 3.78. The van der Waals surface area contributed by atoms with E-state index in [4.69, 9.17) is 4.52 Å². The minimum Gasteiger partial charge on any atom is -0.361 e. The fourth-order valence-electron chi connectivity index (χ4n) is 3.81. The van der Waals surface area contributed by atoms with Gasteiger partial charge in [0.15, 0.2) is 5.69 Å². The Balaban J connectivity index is 1.19. The third kappa shape index (κ3) is 3.01. The Hall–Kier alpha value is -2.60. The van der Waals surface area contributed by atoms with Crippen LogP contribution >= 0.6 is 0 Å². The molecule has 2 aliphatic rings. The van der Waals surface area contributed by atoms with Crippen LogP contribution in [0.1, 0.15) is 47.0 Å². The van der Waals surface area contributed by atoms with E-state index in [9.17, 15) is 4.79 Å². The van der Waals surface area contributed by atoms with Crippen molar-refractivity contribution in [3.05, 3.63) is 53.5 Å². The first-order chi connectivity index (χ1) is 12.8. The molecule has 1 saturated carbocycles. The molecule has 0 radical (unpaired) electrons. The number of benzene rings is 1. The number of para-hydroxylation sites is 1. The van der Waals surface area contributed by atoms with Gasteiger partial charge in [0.2, 0.25) is 0 Å². The van der Waals surface area contributed by atoms with Gasteiger partial charge in [-0.2, -0.15) is 0 Å². The van der Waals surface area contributed by atoms with Crippen molar-refractivity contribution in [2.75, 3.05) is 13.1 Å². The second-order valence-corrected chi connectivity index (χ2v) is 7.44. The quantitative estimate of drug-likeness (QED) is 0.742. The van der Waals surface area contributed by atoms with Gasteiger partial charge < -0.3 is 14.8 Å². The first-order valence-corrected chi connectivity index (χ1v) is 9.31. The number of rotatable bonds is 5. The largest absolute Gasteiger partial charge is 0.361 e. The van der Waals surface area contributed by atoms with Crippen molar-refractivity contribution in [2.24, 2.45) is 0 Å². The Morgan fingerprint density at radius 1 is 1.31 bits per heavy atom. The number of likely N-dealkylation sites (tertiary alicyclic amines) is 1.